The van der Waals surface area contributed by atoms with Crippen LogP contribution in [0.5, 0.6) is 5.75 Å². The zero-order valence-corrected chi connectivity index (χ0v) is 12.9. The van der Waals surface area contributed by atoms with Crippen LogP contribution in [0.25, 0.3) is 0 Å². The third-order valence-electron chi connectivity index (χ3n) is 3.31. The van der Waals surface area contributed by atoms with Gasteiger partial charge in [0.1, 0.15) is 5.75 Å². The highest BCUT2D eigenvalue weighted by Crippen LogP contribution is 2.22. The Balaban J connectivity index is 0.00000200. The summed E-state index contributed by atoms with van der Waals surface area (Å²) in [7, 11) is 0. The molecule has 4 nitrogen and oxygen atoms in total. The van der Waals surface area contributed by atoms with Gasteiger partial charge >= 0.3 is 0 Å². The Morgan fingerprint density at radius 2 is 1.90 bits per heavy atom. The van der Waals surface area contributed by atoms with Crippen LogP contribution in [-0.2, 0) is 0 Å². The van der Waals surface area contributed by atoms with Gasteiger partial charge in [0.25, 0.3) is 5.91 Å². The van der Waals surface area contributed by atoms with Crippen molar-refractivity contribution < 1.29 is 9.53 Å². The molecule has 1 saturated heterocycles. The molecule has 1 aromatic rings. The first-order chi connectivity index (χ1) is 9.08. The van der Waals surface area contributed by atoms with Crippen LogP contribution in [0.2, 0.25) is 0 Å². The Morgan fingerprint density at radius 3 is 2.50 bits per heavy atom. The summed E-state index contributed by atoms with van der Waals surface area (Å²) in [6.07, 6.45) is 1.81. The molecular formula is C15H23ClN2O2. The number of halogens is 1. The number of hydrogen-bond acceptors (Lipinski definition) is 3. The van der Waals surface area contributed by atoms with Gasteiger partial charge in [0.05, 0.1) is 11.7 Å². The van der Waals surface area contributed by atoms with Gasteiger partial charge < -0.3 is 15.4 Å². The molecule has 1 aliphatic heterocycles. The normalized spacial score (nSPS) is 15.9. The number of rotatable bonds is 3. The van der Waals surface area contributed by atoms with Gasteiger partial charge in [-0.2, -0.15) is 0 Å². The van der Waals surface area contributed by atoms with Crippen molar-refractivity contribution >= 4 is 18.3 Å². The Bertz CT molecular complexity index is 443. The van der Waals surface area contributed by atoms with Crippen molar-refractivity contribution in [3.8, 4) is 5.75 Å². The van der Waals surface area contributed by atoms with Crippen LogP contribution in [-0.4, -0.2) is 36.0 Å². The minimum absolute atomic E-state index is 0. The molecular weight excluding hydrogens is 276 g/mol. The topological polar surface area (TPSA) is 55.6 Å². The van der Waals surface area contributed by atoms with Crippen LogP contribution in [0.15, 0.2) is 24.3 Å². The average molecular weight is 299 g/mol. The second-order valence-electron chi connectivity index (χ2n) is 5.29. The first-order valence-electron chi connectivity index (χ1n) is 6.88. The summed E-state index contributed by atoms with van der Waals surface area (Å²) >= 11 is 0. The molecule has 1 heterocycles. The van der Waals surface area contributed by atoms with Crippen molar-refractivity contribution in [3.63, 3.8) is 0 Å². The SMILES string of the molecule is CC(C)Oc1ccccc1C(=O)N1CCC(N)CC1.Cl. The van der Waals surface area contributed by atoms with Crippen LogP contribution in [0.3, 0.4) is 0 Å². The number of piperidine rings is 1. The summed E-state index contributed by atoms with van der Waals surface area (Å²) in [5, 5.41) is 0. The monoisotopic (exact) mass is 298 g/mol. The molecule has 0 aliphatic carbocycles. The van der Waals surface area contributed by atoms with E-state index in [1.807, 2.05) is 43.0 Å². The van der Waals surface area contributed by atoms with Crippen LogP contribution < -0.4 is 10.5 Å². The van der Waals surface area contributed by atoms with Gasteiger partial charge in [-0.3, -0.25) is 4.79 Å². The molecule has 1 fully saturated rings. The predicted molar refractivity (Wildman–Crippen MR) is 82.6 cm³/mol. The highest BCUT2D eigenvalue weighted by atomic mass is 35.5. The molecule has 2 N–H and O–H groups in total. The molecule has 0 spiro atoms. The summed E-state index contributed by atoms with van der Waals surface area (Å²) < 4.78 is 5.71. The number of nitrogens with two attached hydrogens (primary N) is 1. The fourth-order valence-electron chi connectivity index (χ4n) is 2.27. The van der Waals surface area contributed by atoms with Gasteiger partial charge in [-0.1, -0.05) is 12.1 Å². The van der Waals surface area contributed by atoms with E-state index in [2.05, 4.69) is 0 Å². The molecule has 1 amide bonds. The third-order valence-corrected chi connectivity index (χ3v) is 3.31. The molecule has 0 atom stereocenters. The quantitative estimate of drug-likeness (QED) is 0.932. The molecule has 112 valence electrons. The van der Waals surface area contributed by atoms with Crippen LogP contribution in [0.4, 0.5) is 0 Å². The smallest absolute Gasteiger partial charge is 0.257 e. The van der Waals surface area contributed by atoms with E-state index < -0.39 is 0 Å². The Kier molecular flexibility index (Phi) is 6.30. The lowest BCUT2D eigenvalue weighted by atomic mass is 10.0. The van der Waals surface area contributed by atoms with E-state index in [0.717, 1.165) is 25.9 Å². The predicted octanol–water partition coefficient (Wildman–Crippen LogP) is 2.46. The molecule has 0 radical (unpaired) electrons. The summed E-state index contributed by atoms with van der Waals surface area (Å²) in [6.45, 7) is 5.38. The van der Waals surface area contributed by atoms with E-state index in [4.69, 9.17) is 10.5 Å². The fourth-order valence-corrected chi connectivity index (χ4v) is 2.27. The third kappa shape index (κ3) is 4.12. The van der Waals surface area contributed by atoms with Gasteiger partial charge in [0, 0.05) is 19.1 Å². The number of ether oxygens (including phenoxy) is 1. The Labute approximate surface area is 126 Å². The highest BCUT2D eigenvalue weighted by molar-refractivity contribution is 5.97. The van der Waals surface area contributed by atoms with Gasteiger partial charge in [0.15, 0.2) is 0 Å². The van der Waals surface area contributed by atoms with Crippen molar-refractivity contribution in [2.45, 2.75) is 38.8 Å². The number of benzene rings is 1. The summed E-state index contributed by atoms with van der Waals surface area (Å²) in [4.78, 5) is 14.4. The Hall–Kier alpha value is -1.26. The standard InChI is InChI=1S/C15H22N2O2.ClH/c1-11(2)19-14-6-4-3-5-13(14)15(18)17-9-7-12(16)8-10-17;/h3-6,11-12H,7-10,16H2,1-2H3;1H. The Morgan fingerprint density at radius 1 is 1.30 bits per heavy atom. The number of nitrogens with zero attached hydrogens (tertiary/aromatic N) is 1. The first kappa shape index (κ1) is 16.8. The van der Waals surface area contributed by atoms with E-state index in [9.17, 15) is 4.79 Å². The number of amides is 1. The molecule has 0 aromatic heterocycles. The lowest BCUT2D eigenvalue weighted by molar-refractivity contribution is 0.0708. The first-order valence-corrected chi connectivity index (χ1v) is 6.88. The second-order valence-corrected chi connectivity index (χ2v) is 5.29. The number of carbonyl (C=O) groups is 1. The average Bonchev–Trinajstić information content (AvgIpc) is 2.39. The van der Waals surface area contributed by atoms with E-state index in [0.29, 0.717) is 11.3 Å². The lowest BCUT2D eigenvalue weighted by Crippen LogP contribution is -2.43. The second kappa shape index (κ2) is 7.50. The van der Waals surface area contributed by atoms with Crippen molar-refractivity contribution in [1.29, 1.82) is 0 Å². The number of para-hydroxylation sites is 1. The molecule has 1 aromatic carbocycles. The molecule has 0 bridgehead atoms. The summed E-state index contributed by atoms with van der Waals surface area (Å²) in [5.74, 6) is 0.709. The van der Waals surface area contributed by atoms with Crippen LogP contribution in [0.1, 0.15) is 37.0 Å². The van der Waals surface area contributed by atoms with E-state index in [-0.39, 0.29) is 30.5 Å². The maximum atomic E-state index is 12.5. The van der Waals surface area contributed by atoms with Crippen molar-refractivity contribution in [2.75, 3.05) is 13.1 Å². The van der Waals surface area contributed by atoms with Gasteiger partial charge in [-0.25, -0.2) is 0 Å². The van der Waals surface area contributed by atoms with Crippen molar-refractivity contribution in [1.82, 2.24) is 4.90 Å². The van der Waals surface area contributed by atoms with Crippen LogP contribution >= 0.6 is 12.4 Å². The largest absolute Gasteiger partial charge is 0.490 e. The van der Waals surface area contributed by atoms with Crippen molar-refractivity contribution in [2.24, 2.45) is 5.73 Å². The van der Waals surface area contributed by atoms with Crippen molar-refractivity contribution in [3.05, 3.63) is 29.8 Å². The fraction of sp³-hybridized carbons (Fsp3) is 0.533. The van der Waals surface area contributed by atoms with Gasteiger partial charge in [-0.05, 0) is 38.8 Å². The zero-order valence-electron chi connectivity index (χ0n) is 12.0. The molecule has 2 rings (SSSR count). The number of carbonyl (C=O) groups excluding carboxylic acids is 1. The summed E-state index contributed by atoms with van der Waals surface area (Å²) in [5.41, 5.74) is 6.51. The maximum Gasteiger partial charge on any atom is 0.257 e. The summed E-state index contributed by atoms with van der Waals surface area (Å²) in [6, 6.07) is 7.67. The zero-order chi connectivity index (χ0) is 13.8. The van der Waals surface area contributed by atoms with Gasteiger partial charge in [-0.15, -0.1) is 12.4 Å². The highest BCUT2D eigenvalue weighted by Gasteiger charge is 2.23. The number of hydrogen-bond donors (Lipinski definition) is 1. The molecule has 0 saturated carbocycles. The molecule has 0 unspecified atom stereocenters. The minimum atomic E-state index is 0. The lowest BCUT2D eigenvalue weighted by Gasteiger charge is -2.30. The maximum absolute atomic E-state index is 12.5. The van der Waals surface area contributed by atoms with Gasteiger partial charge in [0.2, 0.25) is 0 Å². The van der Waals surface area contributed by atoms with E-state index >= 15 is 0 Å². The van der Waals surface area contributed by atoms with Crippen LogP contribution in [0, 0.1) is 0 Å². The minimum Gasteiger partial charge on any atom is -0.490 e. The molecule has 20 heavy (non-hydrogen) atoms. The molecule has 5 heteroatoms. The number of likely N-dealkylation sites (tertiary alicyclic amines) is 1. The molecule has 1 aliphatic rings. The van der Waals surface area contributed by atoms with E-state index in [1.54, 1.807) is 0 Å². The van der Waals surface area contributed by atoms with E-state index in [1.165, 1.54) is 0 Å².